The monoisotopic (exact) mass is 291 g/mol. The Bertz CT molecular complexity index is 702. The fourth-order valence-electron chi connectivity index (χ4n) is 2.39. The molecule has 0 aliphatic carbocycles. The minimum absolute atomic E-state index is 0.0467. The summed E-state index contributed by atoms with van der Waals surface area (Å²) in [6, 6.07) is 8.40. The van der Waals surface area contributed by atoms with Gasteiger partial charge in [-0.3, -0.25) is 4.79 Å². The van der Waals surface area contributed by atoms with E-state index in [1.54, 1.807) is 6.07 Å². The van der Waals surface area contributed by atoms with Crippen molar-refractivity contribution in [2.45, 2.75) is 11.3 Å². The van der Waals surface area contributed by atoms with Crippen LogP contribution in [0.5, 0.6) is 0 Å². The standard InChI is InChI=1S/C15H11F2NOS/c16-10-2-1-9-5-6-18(14(9)7-10)15(19)12-8-11(20)3-4-13(12)17/h1-4,7-8,20H,5-6H2. The molecule has 3 rings (SSSR count). The number of rotatable bonds is 1. The number of nitrogens with zero attached hydrogens (tertiary/aromatic N) is 1. The zero-order valence-electron chi connectivity index (χ0n) is 10.4. The second-order valence-corrected chi connectivity index (χ2v) is 5.16. The van der Waals surface area contributed by atoms with Crippen LogP contribution < -0.4 is 4.90 Å². The van der Waals surface area contributed by atoms with Crippen molar-refractivity contribution in [2.24, 2.45) is 0 Å². The van der Waals surface area contributed by atoms with Crippen molar-refractivity contribution in [2.75, 3.05) is 11.4 Å². The summed E-state index contributed by atoms with van der Waals surface area (Å²) in [6.45, 7) is 0.424. The first-order valence-electron chi connectivity index (χ1n) is 6.15. The third-order valence-electron chi connectivity index (χ3n) is 3.37. The van der Waals surface area contributed by atoms with Gasteiger partial charge in [-0.1, -0.05) is 6.07 Å². The molecule has 0 spiro atoms. The maximum absolute atomic E-state index is 13.8. The van der Waals surface area contributed by atoms with E-state index >= 15 is 0 Å². The Balaban J connectivity index is 2.01. The van der Waals surface area contributed by atoms with Crippen molar-refractivity contribution in [3.63, 3.8) is 0 Å². The lowest BCUT2D eigenvalue weighted by Crippen LogP contribution is -2.29. The van der Waals surface area contributed by atoms with Crippen LogP contribution >= 0.6 is 12.6 Å². The number of fused-ring (bicyclic) bond motifs is 1. The van der Waals surface area contributed by atoms with E-state index in [0.717, 1.165) is 5.56 Å². The number of hydrogen-bond donors (Lipinski definition) is 1. The Morgan fingerprint density at radius 3 is 2.75 bits per heavy atom. The molecule has 2 nitrogen and oxygen atoms in total. The van der Waals surface area contributed by atoms with Gasteiger partial charge in [0.1, 0.15) is 11.6 Å². The van der Waals surface area contributed by atoms with Crippen LogP contribution in [0.15, 0.2) is 41.3 Å². The fraction of sp³-hybridized carbons (Fsp3) is 0.133. The summed E-state index contributed by atoms with van der Waals surface area (Å²) in [4.78, 5) is 14.3. The molecular formula is C15H11F2NOS. The Hall–Kier alpha value is -1.88. The van der Waals surface area contributed by atoms with Gasteiger partial charge in [-0.15, -0.1) is 12.6 Å². The van der Waals surface area contributed by atoms with Gasteiger partial charge in [0.25, 0.3) is 5.91 Å². The molecule has 0 saturated heterocycles. The van der Waals surface area contributed by atoms with Crippen molar-refractivity contribution in [1.29, 1.82) is 0 Å². The smallest absolute Gasteiger partial charge is 0.261 e. The Morgan fingerprint density at radius 2 is 1.95 bits per heavy atom. The van der Waals surface area contributed by atoms with Gasteiger partial charge >= 0.3 is 0 Å². The highest BCUT2D eigenvalue weighted by molar-refractivity contribution is 7.80. The van der Waals surface area contributed by atoms with Crippen LogP contribution in [0.1, 0.15) is 15.9 Å². The molecule has 0 fully saturated rings. The number of thiol groups is 1. The maximum Gasteiger partial charge on any atom is 0.261 e. The predicted octanol–water partition coefficient (Wildman–Crippen LogP) is 3.46. The van der Waals surface area contributed by atoms with Gasteiger partial charge in [-0.25, -0.2) is 8.78 Å². The highest BCUT2D eigenvalue weighted by Gasteiger charge is 2.27. The molecule has 0 N–H and O–H groups in total. The van der Waals surface area contributed by atoms with Crippen LogP contribution in [0.25, 0.3) is 0 Å². The molecule has 1 aliphatic rings. The molecule has 1 heterocycles. The average Bonchev–Trinajstić information content (AvgIpc) is 2.83. The molecule has 0 unspecified atom stereocenters. The normalized spacial score (nSPS) is 13.4. The SMILES string of the molecule is O=C(c1cc(S)ccc1F)N1CCc2ccc(F)cc21. The number of amides is 1. The molecule has 1 aliphatic heterocycles. The summed E-state index contributed by atoms with van der Waals surface area (Å²) in [6.07, 6.45) is 0.642. The third-order valence-corrected chi connectivity index (χ3v) is 3.65. The van der Waals surface area contributed by atoms with Crippen LogP contribution in [0.3, 0.4) is 0 Å². The van der Waals surface area contributed by atoms with E-state index in [1.165, 1.54) is 35.2 Å². The molecule has 20 heavy (non-hydrogen) atoms. The molecule has 0 radical (unpaired) electrons. The van der Waals surface area contributed by atoms with Gasteiger partial charge in [0.05, 0.1) is 11.3 Å². The lowest BCUT2D eigenvalue weighted by atomic mass is 10.1. The Kier molecular flexibility index (Phi) is 3.22. The van der Waals surface area contributed by atoms with Crippen LogP contribution in [-0.4, -0.2) is 12.5 Å². The molecule has 2 aromatic rings. The van der Waals surface area contributed by atoms with Gasteiger partial charge in [-0.05, 0) is 42.3 Å². The van der Waals surface area contributed by atoms with E-state index in [1.807, 2.05) is 0 Å². The summed E-state index contributed by atoms with van der Waals surface area (Å²) in [7, 11) is 0. The lowest BCUT2D eigenvalue weighted by molar-refractivity contribution is 0.0985. The van der Waals surface area contributed by atoms with Gasteiger partial charge < -0.3 is 4.90 Å². The molecule has 2 aromatic carbocycles. The van der Waals surface area contributed by atoms with E-state index in [-0.39, 0.29) is 5.56 Å². The average molecular weight is 291 g/mol. The van der Waals surface area contributed by atoms with Crippen LogP contribution in [0, 0.1) is 11.6 Å². The highest BCUT2D eigenvalue weighted by atomic mass is 32.1. The van der Waals surface area contributed by atoms with Gasteiger partial charge in [0.2, 0.25) is 0 Å². The molecular weight excluding hydrogens is 280 g/mol. The van der Waals surface area contributed by atoms with Crippen LogP contribution in [-0.2, 0) is 6.42 Å². The van der Waals surface area contributed by atoms with E-state index in [0.29, 0.717) is 23.5 Å². The van der Waals surface area contributed by atoms with E-state index < -0.39 is 17.5 Å². The summed E-state index contributed by atoms with van der Waals surface area (Å²) in [5.41, 5.74) is 1.36. The maximum atomic E-state index is 13.8. The minimum atomic E-state index is -0.599. The molecule has 0 aromatic heterocycles. The fourth-order valence-corrected chi connectivity index (χ4v) is 2.59. The van der Waals surface area contributed by atoms with Crippen molar-refractivity contribution >= 4 is 24.2 Å². The quantitative estimate of drug-likeness (QED) is 0.798. The van der Waals surface area contributed by atoms with Crippen molar-refractivity contribution in [3.8, 4) is 0 Å². The second-order valence-electron chi connectivity index (χ2n) is 4.64. The Morgan fingerprint density at radius 1 is 1.15 bits per heavy atom. The summed E-state index contributed by atoms with van der Waals surface area (Å²) in [5.74, 6) is -1.48. The van der Waals surface area contributed by atoms with E-state index in [9.17, 15) is 13.6 Å². The van der Waals surface area contributed by atoms with Crippen molar-refractivity contribution in [1.82, 2.24) is 0 Å². The number of carbonyl (C=O) groups excluding carboxylic acids is 1. The van der Waals surface area contributed by atoms with Gasteiger partial charge in [0, 0.05) is 11.4 Å². The summed E-state index contributed by atoms with van der Waals surface area (Å²) < 4.78 is 27.1. The molecule has 102 valence electrons. The number of halogens is 2. The van der Waals surface area contributed by atoms with Crippen LogP contribution in [0.2, 0.25) is 0 Å². The van der Waals surface area contributed by atoms with Crippen LogP contribution in [0.4, 0.5) is 14.5 Å². The van der Waals surface area contributed by atoms with Gasteiger partial charge in [0.15, 0.2) is 0 Å². The third kappa shape index (κ3) is 2.18. The molecule has 5 heteroatoms. The van der Waals surface area contributed by atoms with Crippen molar-refractivity contribution < 1.29 is 13.6 Å². The van der Waals surface area contributed by atoms with E-state index in [4.69, 9.17) is 0 Å². The summed E-state index contributed by atoms with van der Waals surface area (Å²) >= 11 is 4.11. The Labute approximate surface area is 120 Å². The predicted molar refractivity (Wildman–Crippen MR) is 75.4 cm³/mol. The topological polar surface area (TPSA) is 20.3 Å². The number of benzene rings is 2. The van der Waals surface area contributed by atoms with Crippen molar-refractivity contribution in [3.05, 3.63) is 59.2 Å². The highest BCUT2D eigenvalue weighted by Crippen LogP contribution is 2.30. The lowest BCUT2D eigenvalue weighted by Gasteiger charge is -2.18. The number of hydrogen-bond acceptors (Lipinski definition) is 2. The number of carbonyl (C=O) groups is 1. The zero-order valence-corrected chi connectivity index (χ0v) is 11.3. The second kappa shape index (κ2) is 4.90. The number of anilines is 1. The first-order chi connectivity index (χ1) is 9.56. The first kappa shape index (κ1) is 13.1. The molecule has 0 bridgehead atoms. The minimum Gasteiger partial charge on any atom is -0.308 e. The first-order valence-corrected chi connectivity index (χ1v) is 6.60. The largest absolute Gasteiger partial charge is 0.308 e. The zero-order chi connectivity index (χ0) is 14.3. The molecule has 1 amide bonds. The van der Waals surface area contributed by atoms with Gasteiger partial charge in [-0.2, -0.15) is 0 Å². The molecule has 0 saturated carbocycles. The molecule has 0 atom stereocenters. The van der Waals surface area contributed by atoms with E-state index in [2.05, 4.69) is 12.6 Å². The summed E-state index contributed by atoms with van der Waals surface area (Å²) in [5, 5.41) is 0.